The Labute approximate surface area is 102 Å². The van der Waals surface area contributed by atoms with Crippen molar-refractivity contribution < 1.29 is 14.7 Å². The molecule has 1 saturated heterocycles. The summed E-state index contributed by atoms with van der Waals surface area (Å²) in [6.45, 7) is 4.41. The van der Waals surface area contributed by atoms with Gasteiger partial charge in [-0.2, -0.15) is 0 Å². The Bertz CT molecular complexity index is 293. The second-order valence-corrected chi connectivity index (χ2v) is 4.79. The molecule has 2 unspecified atom stereocenters. The first-order valence-corrected chi connectivity index (χ1v) is 6.27. The number of carboxylic acids is 1. The Morgan fingerprint density at radius 2 is 2.12 bits per heavy atom. The van der Waals surface area contributed by atoms with Crippen LogP contribution in [0, 0.1) is 5.92 Å². The molecule has 0 aromatic heterocycles. The van der Waals surface area contributed by atoms with Gasteiger partial charge in [-0.1, -0.05) is 20.3 Å². The second kappa shape index (κ2) is 6.00. The van der Waals surface area contributed by atoms with Gasteiger partial charge in [-0.05, 0) is 25.2 Å². The Morgan fingerprint density at radius 1 is 1.47 bits per heavy atom. The number of carboxylic acid groups (broad SMARTS) is 1. The smallest absolute Gasteiger partial charge is 0.326 e. The fourth-order valence-corrected chi connectivity index (χ4v) is 2.14. The van der Waals surface area contributed by atoms with E-state index >= 15 is 0 Å². The van der Waals surface area contributed by atoms with Crippen LogP contribution in [0.1, 0.15) is 39.5 Å². The van der Waals surface area contributed by atoms with Crippen molar-refractivity contribution in [3.8, 4) is 0 Å². The van der Waals surface area contributed by atoms with E-state index in [-0.39, 0.29) is 11.8 Å². The van der Waals surface area contributed by atoms with Gasteiger partial charge in [0.25, 0.3) is 0 Å². The highest BCUT2D eigenvalue weighted by atomic mass is 16.4. The maximum atomic E-state index is 12.2. The number of likely N-dealkylation sites (tertiary alicyclic amines) is 1. The minimum atomic E-state index is -0.922. The van der Waals surface area contributed by atoms with Crippen molar-refractivity contribution in [1.82, 2.24) is 4.90 Å². The molecule has 1 aliphatic heterocycles. The van der Waals surface area contributed by atoms with Crippen LogP contribution in [0.3, 0.4) is 0 Å². The van der Waals surface area contributed by atoms with E-state index < -0.39 is 18.1 Å². The Morgan fingerprint density at radius 3 is 2.65 bits per heavy atom. The van der Waals surface area contributed by atoms with Crippen molar-refractivity contribution in [3.63, 3.8) is 0 Å². The fourth-order valence-electron chi connectivity index (χ4n) is 2.14. The van der Waals surface area contributed by atoms with Gasteiger partial charge in [-0.3, -0.25) is 4.79 Å². The summed E-state index contributed by atoms with van der Waals surface area (Å²) in [7, 11) is 0. The van der Waals surface area contributed by atoms with E-state index in [9.17, 15) is 9.59 Å². The first-order chi connectivity index (χ1) is 7.99. The number of rotatable bonds is 4. The predicted molar refractivity (Wildman–Crippen MR) is 64.4 cm³/mol. The topological polar surface area (TPSA) is 83.6 Å². The lowest BCUT2D eigenvalue weighted by Gasteiger charge is -2.35. The van der Waals surface area contributed by atoms with E-state index in [0.29, 0.717) is 13.0 Å². The standard InChI is InChI=1S/C12H22N2O3/c1-3-8(2)10(13)11(15)14-7-5-4-6-9(14)12(16)17/h8-10H,3-7,13H2,1-2H3,(H,16,17)/t8?,9?,10-/m0/s1. The van der Waals surface area contributed by atoms with Crippen LogP contribution >= 0.6 is 0 Å². The average molecular weight is 242 g/mol. The number of aliphatic carboxylic acids is 1. The largest absolute Gasteiger partial charge is 0.480 e. The lowest BCUT2D eigenvalue weighted by molar-refractivity contribution is -0.153. The number of piperidine rings is 1. The molecule has 5 heteroatoms. The predicted octanol–water partition coefficient (Wildman–Crippen LogP) is 0.825. The number of hydrogen-bond donors (Lipinski definition) is 2. The van der Waals surface area contributed by atoms with E-state index in [1.165, 1.54) is 4.90 Å². The van der Waals surface area contributed by atoms with E-state index in [1.54, 1.807) is 0 Å². The van der Waals surface area contributed by atoms with Crippen LogP contribution in [0.4, 0.5) is 0 Å². The molecule has 0 radical (unpaired) electrons. The van der Waals surface area contributed by atoms with Gasteiger partial charge in [0.1, 0.15) is 6.04 Å². The van der Waals surface area contributed by atoms with E-state index in [2.05, 4.69) is 0 Å². The summed E-state index contributed by atoms with van der Waals surface area (Å²) in [4.78, 5) is 24.7. The maximum absolute atomic E-state index is 12.2. The quantitative estimate of drug-likeness (QED) is 0.764. The Hall–Kier alpha value is -1.10. The van der Waals surface area contributed by atoms with Crippen LogP contribution in [0.25, 0.3) is 0 Å². The molecule has 0 aromatic rings. The lowest BCUT2D eigenvalue weighted by atomic mass is 9.95. The zero-order chi connectivity index (χ0) is 13.0. The first kappa shape index (κ1) is 14.0. The van der Waals surface area contributed by atoms with Gasteiger partial charge in [0.15, 0.2) is 0 Å². The number of nitrogens with two attached hydrogens (primary N) is 1. The highest BCUT2D eigenvalue weighted by Gasteiger charge is 2.35. The van der Waals surface area contributed by atoms with Crippen LogP contribution in [0.5, 0.6) is 0 Å². The SMILES string of the molecule is CCC(C)[C@H](N)C(=O)N1CCCCC1C(=O)O. The van der Waals surface area contributed by atoms with Crippen molar-refractivity contribution in [2.24, 2.45) is 11.7 Å². The van der Waals surface area contributed by atoms with Crippen molar-refractivity contribution in [3.05, 3.63) is 0 Å². The molecule has 0 aliphatic carbocycles. The minimum absolute atomic E-state index is 0.0823. The number of carbonyl (C=O) groups is 2. The molecule has 1 amide bonds. The molecular weight excluding hydrogens is 220 g/mol. The molecule has 1 fully saturated rings. The summed E-state index contributed by atoms with van der Waals surface area (Å²) < 4.78 is 0. The van der Waals surface area contributed by atoms with Gasteiger partial charge >= 0.3 is 5.97 Å². The number of nitrogens with zero attached hydrogens (tertiary/aromatic N) is 1. The van der Waals surface area contributed by atoms with Crippen molar-refractivity contribution in [2.75, 3.05) is 6.54 Å². The van der Waals surface area contributed by atoms with Crippen LogP contribution in [0.15, 0.2) is 0 Å². The molecule has 1 heterocycles. The third-order valence-corrected chi connectivity index (χ3v) is 3.61. The molecule has 98 valence electrons. The van der Waals surface area contributed by atoms with E-state index in [1.807, 2.05) is 13.8 Å². The van der Waals surface area contributed by atoms with Crippen LogP contribution in [0.2, 0.25) is 0 Å². The summed E-state index contributed by atoms with van der Waals surface area (Å²) in [5.74, 6) is -1.06. The molecule has 5 nitrogen and oxygen atoms in total. The monoisotopic (exact) mass is 242 g/mol. The van der Waals surface area contributed by atoms with Gasteiger partial charge < -0.3 is 15.7 Å². The molecule has 17 heavy (non-hydrogen) atoms. The normalized spacial score (nSPS) is 24.2. The number of amides is 1. The molecule has 3 N–H and O–H groups in total. The summed E-state index contributed by atoms with van der Waals surface area (Å²) in [5, 5.41) is 9.10. The molecule has 1 rings (SSSR count). The maximum Gasteiger partial charge on any atom is 0.326 e. The zero-order valence-corrected chi connectivity index (χ0v) is 10.6. The highest BCUT2D eigenvalue weighted by molar-refractivity contribution is 5.87. The van der Waals surface area contributed by atoms with E-state index in [4.69, 9.17) is 10.8 Å². The summed E-state index contributed by atoms with van der Waals surface area (Å²) in [5.41, 5.74) is 5.88. The summed E-state index contributed by atoms with van der Waals surface area (Å²) in [6.07, 6.45) is 3.08. The molecule has 0 spiro atoms. The Kier molecular flexibility index (Phi) is 4.93. The van der Waals surface area contributed by atoms with Crippen LogP contribution in [-0.4, -0.2) is 40.5 Å². The number of carbonyl (C=O) groups excluding carboxylic acids is 1. The molecule has 0 bridgehead atoms. The van der Waals surface area contributed by atoms with Gasteiger partial charge in [0, 0.05) is 6.54 Å². The molecule has 0 saturated carbocycles. The zero-order valence-electron chi connectivity index (χ0n) is 10.6. The molecular formula is C12H22N2O3. The van der Waals surface area contributed by atoms with Crippen molar-refractivity contribution in [2.45, 2.75) is 51.6 Å². The van der Waals surface area contributed by atoms with Gasteiger partial charge in [0.2, 0.25) is 5.91 Å². The van der Waals surface area contributed by atoms with Crippen LogP contribution in [-0.2, 0) is 9.59 Å². The second-order valence-electron chi connectivity index (χ2n) is 4.79. The van der Waals surface area contributed by atoms with E-state index in [0.717, 1.165) is 19.3 Å². The summed E-state index contributed by atoms with van der Waals surface area (Å²) in [6, 6.07) is -1.27. The third kappa shape index (κ3) is 3.19. The Balaban J connectivity index is 2.74. The molecule has 3 atom stereocenters. The average Bonchev–Trinajstić information content (AvgIpc) is 2.35. The van der Waals surface area contributed by atoms with Crippen molar-refractivity contribution in [1.29, 1.82) is 0 Å². The summed E-state index contributed by atoms with van der Waals surface area (Å²) >= 11 is 0. The molecule has 0 aromatic carbocycles. The van der Waals surface area contributed by atoms with Crippen molar-refractivity contribution >= 4 is 11.9 Å². The minimum Gasteiger partial charge on any atom is -0.480 e. The third-order valence-electron chi connectivity index (χ3n) is 3.61. The van der Waals surface area contributed by atoms with Gasteiger partial charge in [-0.25, -0.2) is 4.79 Å². The van der Waals surface area contributed by atoms with Gasteiger partial charge in [-0.15, -0.1) is 0 Å². The van der Waals surface area contributed by atoms with Gasteiger partial charge in [0.05, 0.1) is 6.04 Å². The van der Waals surface area contributed by atoms with Crippen LogP contribution < -0.4 is 5.73 Å². The fraction of sp³-hybridized carbons (Fsp3) is 0.833. The number of hydrogen-bond acceptors (Lipinski definition) is 3. The highest BCUT2D eigenvalue weighted by Crippen LogP contribution is 2.20. The first-order valence-electron chi connectivity index (χ1n) is 6.27. The molecule has 1 aliphatic rings. The lowest BCUT2D eigenvalue weighted by Crippen LogP contribution is -2.55.